The second kappa shape index (κ2) is 4.18. The second-order valence-corrected chi connectivity index (χ2v) is 5.68. The van der Waals surface area contributed by atoms with Gasteiger partial charge in [0.1, 0.15) is 5.51 Å². The summed E-state index contributed by atoms with van der Waals surface area (Å²) in [6.07, 6.45) is 0. The van der Waals surface area contributed by atoms with E-state index in [1.807, 2.05) is 6.92 Å². The Kier molecular flexibility index (Phi) is 2.88. The van der Waals surface area contributed by atoms with Crippen molar-refractivity contribution in [1.29, 1.82) is 0 Å². The molecule has 0 fully saturated rings. The molecule has 1 aromatic carbocycles. The van der Waals surface area contributed by atoms with Gasteiger partial charge in [-0.1, -0.05) is 29.0 Å². The Balaban J connectivity index is 0.00000144. The maximum absolute atomic E-state index is 11.8. The van der Waals surface area contributed by atoms with Crippen LogP contribution in [0.5, 0.6) is 0 Å². The molecule has 0 aliphatic rings. The quantitative estimate of drug-likeness (QED) is 0.911. The molecule has 0 amide bonds. The van der Waals surface area contributed by atoms with Crippen LogP contribution in [0.1, 0.15) is 6.99 Å². The Morgan fingerprint density at radius 3 is 2.56 bits per heavy atom. The fourth-order valence-electron chi connectivity index (χ4n) is 1.11. The van der Waals surface area contributed by atoms with Gasteiger partial charge in [-0.25, -0.2) is 8.42 Å². The SMILES string of the molecule is Cc1ccc(S(=O)(=O)Nc2nncs2)cc1.[HH]. The summed E-state index contributed by atoms with van der Waals surface area (Å²) in [6, 6.07) is 6.60. The van der Waals surface area contributed by atoms with Crippen LogP contribution in [0, 0.1) is 6.92 Å². The van der Waals surface area contributed by atoms with E-state index in [1.54, 1.807) is 24.3 Å². The summed E-state index contributed by atoms with van der Waals surface area (Å²) in [6.45, 7) is 1.90. The van der Waals surface area contributed by atoms with Gasteiger partial charge in [-0.15, -0.1) is 10.2 Å². The topological polar surface area (TPSA) is 72.0 Å². The Morgan fingerprint density at radius 2 is 2.00 bits per heavy atom. The van der Waals surface area contributed by atoms with Gasteiger partial charge in [0.05, 0.1) is 4.90 Å². The third kappa shape index (κ3) is 2.37. The number of benzene rings is 1. The molecule has 0 saturated heterocycles. The maximum atomic E-state index is 11.8. The fourth-order valence-corrected chi connectivity index (χ4v) is 2.80. The number of hydrogen-bond donors (Lipinski definition) is 1. The van der Waals surface area contributed by atoms with Crippen LogP contribution in [0.15, 0.2) is 34.7 Å². The van der Waals surface area contributed by atoms with Crippen LogP contribution >= 0.6 is 11.3 Å². The van der Waals surface area contributed by atoms with Crippen LogP contribution in [0.4, 0.5) is 5.13 Å². The minimum atomic E-state index is -3.54. The number of aryl methyl sites for hydroxylation is 1. The largest absolute Gasteiger partial charge is 0.263 e. The van der Waals surface area contributed by atoms with Crippen molar-refractivity contribution in [1.82, 2.24) is 10.2 Å². The van der Waals surface area contributed by atoms with Crippen LogP contribution in [-0.2, 0) is 10.0 Å². The summed E-state index contributed by atoms with van der Waals surface area (Å²) >= 11 is 1.14. The first-order valence-electron chi connectivity index (χ1n) is 4.43. The molecule has 1 aromatic heterocycles. The molecule has 7 heteroatoms. The van der Waals surface area contributed by atoms with Gasteiger partial charge >= 0.3 is 0 Å². The lowest BCUT2D eigenvalue weighted by Crippen LogP contribution is -2.12. The zero-order valence-electron chi connectivity index (χ0n) is 8.41. The Labute approximate surface area is 98.7 Å². The van der Waals surface area contributed by atoms with Crippen molar-refractivity contribution in [2.24, 2.45) is 0 Å². The number of aromatic nitrogens is 2. The summed E-state index contributed by atoms with van der Waals surface area (Å²) in [7, 11) is -3.54. The van der Waals surface area contributed by atoms with Crippen LogP contribution < -0.4 is 4.72 Å². The predicted octanol–water partition coefficient (Wildman–Crippen LogP) is 1.89. The highest BCUT2D eigenvalue weighted by molar-refractivity contribution is 7.93. The molecule has 0 spiro atoms. The standard InChI is InChI=1S/C9H9N3O2S2.H2/c1-7-2-4-8(5-3-7)16(13,14)12-9-11-10-6-15-9;/h2-6H,1H3,(H,11,12);1H. The number of nitrogens with zero attached hydrogens (tertiary/aromatic N) is 2. The number of anilines is 1. The molecule has 0 saturated carbocycles. The molecule has 0 unspecified atom stereocenters. The van der Waals surface area contributed by atoms with E-state index in [0.29, 0.717) is 0 Å². The van der Waals surface area contributed by atoms with E-state index in [-0.39, 0.29) is 11.5 Å². The fraction of sp³-hybridized carbons (Fsp3) is 0.111. The zero-order valence-corrected chi connectivity index (χ0v) is 10.0. The molecule has 0 radical (unpaired) electrons. The van der Waals surface area contributed by atoms with Gasteiger partial charge in [0.2, 0.25) is 5.13 Å². The molecule has 0 aliphatic carbocycles. The molecular weight excluding hydrogens is 246 g/mol. The van der Waals surface area contributed by atoms with E-state index in [0.717, 1.165) is 16.9 Å². The van der Waals surface area contributed by atoms with Crippen molar-refractivity contribution >= 4 is 26.5 Å². The van der Waals surface area contributed by atoms with Gasteiger partial charge in [-0.3, -0.25) is 4.72 Å². The van der Waals surface area contributed by atoms with Crippen LogP contribution in [-0.4, -0.2) is 18.6 Å². The predicted molar refractivity (Wildman–Crippen MR) is 64.0 cm³/mol. The van der Waals surface area contributed by atoms with E-state index in [2.05, 4.69) is 14.9 Å². The van der Waals surface area contributed by atoms with Gasteiger partial charge in [0.15, 0.2) is 0 Å². The molecule has 0 aliphatic heterocycles. The highest BCUT2D eigenvalue weighted by Crippen LogP contribution is 2.16. The van der Waals surface area contributed by atoms with Crippen LogP contribution in [0.2, 0.25) is 0 Å². The van der Waals surface area contributed by atoms with Gasteiger partial charge in [-0.2, -0.15) is 0 Å². The van der Waals surface area contributed by atoms with E-state index in [9.17, 15) is 8.42 Å². The van der Waals surface area contributed by atoms with E-state index in [4.69, 9.17) is 0 Å². The van der Waals surface area contributed by atoms with E-state index >= 15 is 0 Å². The van der Waals surface area contributed by atoms with Gasteiger partial charge in [0, 0.05) is 1.43 Å². The minimum absolute atomic E-state index is 0. The maximum Gasteiger partial charge on any atom is 0.263 e. The molecule has 0 bridgehead atoms. The monoisotopic (exact) mass is 257 g/mol. The number of nitrogens with one attached hydrogen (secondary N) is 1. The summed E-state index contributed by atoms with van der Waals surface area (Å²) in [5.41, 5.74) is 2.47. The zero-order chi connectivity index (χ0) is 11.6. The molecule has 16 heavy (non-hydrogen) atoms. The molecule has 86 valence electrons. The number of rotatable bonds is 3. The van der Waals surface area contributed by atoms with E-state index in [1.165, 1.54) is 5.51 Å². The third-order valence-corrected chi connectivity index (χ3v) is 4.00. The molecule has 5 nitrogen and oxygen atoms in total. The molecule has 1 heterocycles. The second-order valence-electron chi connectivity index (χ2n) is 3.16. The Bertz CT molecular complexity index is 567. The molecular formula is C9H11N3O2S2. The van der Waals surface area contributed by atoms with Crippen LogP contribution in [0.3, 0.4) is 0 Å². The average Bonchev–Trinajstić information content (AvgIpc) is 2.70. The lowest BCUT2D eigenvalue weighted by Gasteiger charge is -2.04. The third-order valence-electron chi connectivity index (χ3n) is 1.91. The molecule has 2 rings (SSSR count). The number of sulfonamides is 1. The normalized spacial score (nSPS) is 11.3. The van der Waals surface area contributed by atoms with E-state index < -0.39 is 10.0 Å². The van der Waals surface area contributed by atoms with Crippen molar-refractivity contribution in [3.05, 3.63) is 35.3 Å². The van der Waals surface area contributed by atoms with Crippen molar-refractivity contribution < 1.29 is 9.84 Å². The summed E-state index contributed by atoms with van der Waals surface area (Å²) in [5, 5.41) is 7.44. The summed E-state index contributed by atoms with van der Waals surface area (Å²) in [5.74, 6) is 0. The van der Waals surface area contributed by atoms with Crippen molar-refractivity contribution in [3.8, 4) is 0 Å². The number of hydrogen-bond acceptors (Lipinski definition) is 5. The molecule has 0 atom stereocenters. The summed E-state index contributed by atoms with van der Waals surface area (Å²) < 4.78 is 26.0. The smallest absolute Gasteiger partial charge is 0.253 e. The first kappa shape index (κ1) is 11.0. The highest BCUT2D eigenvalue weighted by Gasteiger charge is 2.14. The van der Waals surface area contributed by atoms with Crippen molar-refractivity contribution in [2.45, 2.75) is 11.8 Å². The Morgan fingerprint density at radius 1 is 1.31 bits per heavy atom. The molecule has 2 aromatic rings. The van der Waals surface area contributed by atoms with Crippen molar-refractivity contribution in [2.75, 3.05) is 4.72 Å². The summed E-state index contributed by atoms with van der Waals surface area (Å²) in [4.78, 5) is 0.216. The van der Waals surface area contributed by atoms with Crippen molar-refractivity contribution in [3.63, 3.8) is 0 Å². The first-order valence-corrected chi connectivity index (χ1v) is 6.80. The highest BCUT2D eigenvalue weighted by atomic mass is 32.2. The van der Waals surface area contributed by atoms with Gasteiger partial charge in [0.25, 0.3) is 10.0 Å². The van der Waals surface area contributed by atoms with Gasteiger partial charge in [-0.05, 0) is 19.1 Å². The minimum Gasteiger partial charge on any atom is -0.253 e. The Hall–Kier alpha value is -1.47. The average molecular weight is 257 g/mol. The lowest BCUT2D eigenvalue weighted by molar-refractivity contribution is 0.601. The van der Waals surface area contributed by atoms with Crippen LogP contribution in [0.25, 0.3) is 0 Å². The van der Waals surface area contributed by atoms with Gasteiger partial charge < -0.3 is 0 Å². The molecule has 1 N–H and O–H groups in total. The first-order chi connectivity index (χ1) is 7.58. The lowest BCUT2D eigenvalue weighted by atomic mass is 10.2.